The number of aliphatic hydroxyl groups is 1. The van der Waals surface area contributed by atoms with E-state index < -0.39 is 10.8 Å². The van der Waals surface area contributed by atoms with Crippen LogP contribution in [-0.2, 0) is 4.79 Å². The summed E-state index contributed by atoms with van der Waals surface area (Å²) in [6.07, 6.45) is 0. The predicted molar refractivity (Wildman–Crippen MR) is 99.3 cm³/mol. The number of nitrogens with zero attached hydrogens (tertiary/aromatic N) is 3. The third-order valence-corrected chi connectivity index (χ3v) is 3.59. The van der Waals surface area contributed by atoms with Crippen molar-refractivity contribution < 1.29 is 19.6 Å². The Hall–Kier alpha value is -3.75. The summed E-state index contributed by atoms with van der Waals surface area (Å²) in [5, 5.41) is 31.1. The van der Waals surface area contributed by atoms with Crippen molar-refractivity contribution in [2.24, 2.45) is 10.2 Å². The van der Waals surface area contributed by atoms with Crippen molar-refractivity contribution in [3.8, 4) is 5.75 Å². The topological polar surface area (TPSA) is 126 Å². The first-order valence-corrected chi connectivity index (χ1v) is 7.84. The van der Waals surface area contributed by atoms with Gasteiger partial charge in [-0.2, -0.15) is 0 Å². The van der Waals surface area contributed by atoms with Gasteiger partial charge in [0.15, 0.2) is 11.4 Å². The number of aliphatic hydroxyl groups excluding tert-OH is 1. The molecule has 2 aromatic rings. The van der Waals surface area contributed by atoms with E-state index in [0.29, 0.717) is 5.69 Å². The smallest absolute Gasteiger partial charge is 0.300 e. The largest absolute Gasteiger partial charge is 0.510 e. The normalized spacial score (nSPS) is 11.8. The number of carbonyl (C=O) groups excluding carboxylic acids is 1. The molecule has 2 rings (SSSR count). The van der Waals surface area contributed by atoms with Crippen LogP contribution in [0.25, 0.3) is 0 Å². The molecule has 0 aliphatic rings. The molecule has 9 nitrogen and oxygen atoms in total. The Morgan fingerprint density at radius 3 is 2.56 bits per heavy atom. The summed E-state index contributed by atoms with van der Waals surface area (Å²) in [4.78, 5) is 23.0. The summed E-state index contributed by atoms with van der Waals surface area (Å²) in [5.41, 5.74) is 0.592. The molecule has 0 saturated carbocycles. The highest BCUT2D eigenvalue weighted by molar-refractivity contribution is 6.04. The molecule has 9 heteroatoms. The Morgan fingerprint density at radius 1 is 1.26 bits per heavy atom. The number of amides is 1. The molecule has 2 aromatic carbocycles. The van der Waals surface area contributed by atoms with Crippen LogP contribution in [0.3, 0.4) is 0 Å². The van der Waals surface area contributed by atoms with Crippen LogP contribution in [0.2, 0.25) is 0 Å². The summed E-state index contributed by atoms with van der Waals surface area (Å²) in [6, 6.07) is 11.1. The van der Waals surface area contributed by atoms with Crippen molar-refractivity contribution in [1.29, 1.82) is 0 Å². The number of nitrogens with one attached hydrogen (secondary N) is 1. The number of benzene rings is 2. The van der Waals surface area contributed by atoms with Gasteiger partial charge in [0.05, 0.1) is 18.1 Å². The maximum Gasteiger partial charge on any atom is 0.300 e. The highest BCUT2D eigenvalue weighted by atomic mass is 16.6. The molecule has 27 heavy (non-hydrogen) atoms. The molecular formula is C18H18N4O5. The quantitative estimate of drug-likeness (QED) is 0.256. The molecule has 0 bridgehead atoms. The van der Waals surface area contributed by atoms with Gasteiger partial charge in [-0.3, -0.25) is 14.9 Å². The molecule has 0 atom stereocenters. The van der Waals surface area contributed by atoms with Crippen LogP contribution in [-0.4, -0.2) is 23.0 Å². The minimum atomic E-state index is -0.691. The van der Waals surface area contributed by atoms with Gasteiger partial charge in [-0.05, 0) is 37.6 Å². The molecule has 0 aliphatic heterocycles. The van der Waals surface area contributed by atoms with E-state index in [2.05, 4.69) is 15.5 Å². The van der Waals surface area contributed by atoms with E-state index in [1.165, 1.54) is 32.2 Å². The minimum Gasteiger partial charge on any atom is -0.510 e. The first kappa shape index (κ1) is 19.6. The van der Waals surface area contributed by atoms with Gasteiger partial charge in [0, 0.05) is 5.69 Å². The SMILES string of the molecule is COc1ccc(/N=N/C(C(=O)Nc2ccccc2C)=C(\C)O)c([N+](=O)[O-])c1. The second-order valence-electron chi connectivity index (χ2n) is 5.51. The molecule has 0 saturated heterocycles. The Bertz CT molecular complexity index is 933. The minimum absolute atomic E-state index is 0.0803. The number of allylic oxidation sites excluding steroid dienone is 1. The molecule has 0 aromatic heterocycles. The molecule has 0 fully saturated rings. The van der Waals surface area contributed by atoms with Crippen LogP contribution in [0, 0.1) is 17.0 Å². The highest BCUT2D eigenvalue weighted by Gasteiger charge is 2.18. The first-order chi connectivity index (χ1) is 12.8. The predicted octanol–water partition coefficient (Wildman–Crippen LogP) is 4.42. The average Bonchev–Trinajstić information content (AvgIpc) is 2.63. The van der Waals surface area contributed by atoms with E-state index in [1.807, 2.05) is 19.1 Å². The maximum atomic E-state index is 12.4. The molecule has 0 spiro atoms. The number of methoxy groups -OCH3 is 1. The second kappa shape index (κ2) is 8.56. The number of azo groups is 1. The molecule has 0 radical (unpaired) electrons. The maximum absolute atomic E-state index is 12.4. The van der Waals surface area contributed by atoms with Crippen LogP contribution >= 0.6 is 0 Å². The average molecular weight is 370 g/mol. The lowest BCUT2D eigenvalue weighted by molar-refractivity contribution is -0.384. The molecule has 140 valence electrons. The number of carbonyl (C=O) groups is 1. The van der Waals surface area contributed by atoms with Gasteiger partial charge in [-0.15, -0.1) is 10.2 Å². The zero-order valence-electron chi connectivity index (χ0n) is 15.0. The van der Waals surface area contributed by atoms with Crippen molar-refractivity contribution in [3.63, 3.8) is 0 Å². The Labute approximate surface area is 155 Å². The summed E-state index contributed by atoms with van der Waals surface area (Å²) < 4.78 is 4.95. The number of rotatable bonds is 6. The summed E-state index contributed by atoms with van der Waals surface area (Å²) in [7, 11) is 1.38. The monoisotopic (exact) mass is 370 g/mol. The number of para-hydroxylation sites is 1. The lowest BCUT2D eigenvalue weighted by atomic mass is 10.2. The number of hydrogen-bond acceptors (Lipinski definition) is 7. The second-order valence-corrected chi connectivity index (χ2v) is 5.51. The van der Waals surface area contributed by atoms with Gasteiger partial charge in [0.2, 0.25) is 0 Å². The summed E-state index contributed by atoms with van der Waals surface area (Å²) >= 11 is 0. The van der Waals surface area contributed by atoms with E-state index >= 15 is 0 Å². The van der Waals surface area contributed by atoms with Gasteiger partial charge in [-0.25, -0.2) is 0 Å². The van der Waals surface area contributed by atoms with Gasteiger partial charge in [-0.1, -0.05) is 18.2 Å². The molecule has 0 unspecified atom stereocenters. The first-order valence-electron chi connectivity index (χ1n) is 7.84. The molecule has 0 heterocycles. The fraction of sp³-hybridized carbons (Fsp3) is 0.167. The number of aryl methyl sites for hydroxylation is 1. The molecule has 1 amide bonds. The lowest BCUT2D eigenvalue weighted by Gasteiger charge is -2.08. The van der Waals surface area contributed by atoms with Crippen molar-refractivity contribution in [3.05, 3.63) is 69.6 Å². The van der Waals surface area contributed by atoms with Gasteiger partial charge >= 0.3 is 0 Å². The fourth-order valence-corrected chi connectivity index (χ4v) is 2.14. The van der Waals surface area contributed by atoms with Crippen molar-refractivity contribution in [2.75, 3.05) is 12.4 Å². The fourth-order valence-electron chi connectivity index (χ4n) is 2.14. The van der Waals surface area contributed by atoms with Crippen LogP contribution in [0.4, 0.5) is 17.1 Å². The van der Waals surface area contributed by atoms with Crippen molar-refractivity contribution in [1.82, 2.24) is 0 Å². The number of ether oxygens (including phenoxy) is 1. The van der Waals surface area contributed by atoms with Crippen molar-refractivity contribution in [2.45, 2.75) is 13.8 Å². The van der Waals surface area contributed by atoms with Crippen LogP contribution in [0.15, 0.2) is 64.1 Å². The van der Waals surface area contributed by atoms with Gasteiger partial charge in [0.1, 0.15) is 11.5 Å². The molecule has 2 N–H and O–H groups in total. The number of anilines is 1. The van der Waals surface area contributed by atoms with Gasteiger partial charge in [0.25, 0.3) is 11.6 Å². The van der Waals surface area contributed by atoms with E-state index in [1.54, 1.807) is 12.1 Å². The van der Waals surface area contributed by atoms with Crippen LogP contribution < -0.4 is 10.1 Å². The lowest BCUT2D eigenvalue weighted by Crippen LogP contribution is -2.15. The van der Waals surface area contributed by atoms with E-state index in [0.717, 1.165) is 5.56 Å². The van der Waals surface area contributed by atoms with E-state index in [9.17, 15) is 20.0 Å². The third-order valence-electron chi connectivity index (χ3n) is 3.59. The van der Waals surface area contributed by atoms with Gasteiger partial charge < -0.3 is 15.2 Å². The number of nitro groups is 1. The highest BCUT2D eigenvalue weighted by Crippen LogP contribution is 2.32. The van der Waals surface area contributed by atoms with E-state index in [4.69, 9.17) is 4.74 Å². The standard InChI is InChI=1S/C18H18N4O5/c1-11-6-4-5-7-14(11)19-18(24)17(12(2)23)21-20-15-9-8-13(27-3)10-16(15)22(25)26/h4-10,23H,1-3H3,(H,19,24)/b17-12+,21-20+. The Morgan fingerprint density at radius 2 is 1.96 bits per heavy atom. The zero-order valence-corrected chi connectivity index (χ0v) is 15.0. The van der Waals surface area contributed by atoms with E-state index in [-0.39, 0.29) is 28.6 Å². The Balaban J connectivity index is 2.32. The number of hydrogen-bond donors (Lipinski definition) is 2. The molecule has 0 aliphatic carbocycles. The zero-order chi connectivity index (χ0) is 20.0. The number of nitro benzene ring substituents is 1. The van der Waals surface area contributed by atoms with Crippen LogP contribution in [0.5, 0.6) is 5.75 Å². The third kappa shape index (κ3) is 4.88. The molecular weight excluding hydrogens is 352 g/mol. The summed E-state index contributed by atoms with van der Waals surface area (Å²) in [6.45, 7) is 3.08. The summed E-state index contributed by atoms with van der Waals surface area (Å²) in [5.74, 6) is -0.780. The van der Waals surface area contributed by atoms with Crippen LogP contribution in [0.1, 0.15) is 12.5 Å². The van der Waals surface area contributed by atoms with Crippen molar-refractivity contribution >= 4 is 23.0 Å². The Kier molecular flexibility index (Phi) is 6.21.